The second-order valence-corrected chi connectivity index (χ2v) is 8.53. The van der Waals surface area contributed by atoms with Gasteiger partial charge in [0.1, 0.15) is 10.7 Å². The van der Waals surface area contributed by atoms with E-state index in [1.807, 2.05) is 35.9 Å². The number of rotatable bonds is 5. The van der Waals surface area contributed by atoms with Crippen molar-refractivity contribution in [2.75, 3.05) is 5.32 Å². The number of hydrogen-bond donors (Lipinski definition) is 2. The molecule has 0 radical (unpaired) electrons. The Balaban J connectivity index is 1.49. The number of thiazole rings is 1. The largest absolute Gasteiger partial charge is 0.321 e. The molecule has 1 aromatic carbocycles. The Morgan fingerprint density at radius 2 is 2.00 bits per heavy atom. The van der Waals surface area contributed by atoms with Crippen LogP contribution in [0, 0.1) is 0 Å². The van der Waals surface area contributed by atoms with E-state index >= 15 is 0 Å². The van der Waals surface area contributed by atoms with Crippen molar-refractivity contribution < 1.29 is 14.4 Å². The highest BCUT2D eigenvalue weighted by molar-refractivity contribution is 7.14. The smallest absolute Gasteiger partial charge is 0.275 e. The Hall–Kier alpha value is -2.84. The number of carbonyl (C=O) groups excluding carboxylic acids is 3. The van der Waals surface area contributed by atoms with Crippen molar-refractivity contribution >= 4 is 46.1 Å². The Bertz CT molecular complexity index is 1060. The maximum absolute atomic E-state index is 12.5. The number of nitrogens with one attached hydrogen (secondary N) is 2. The van der Waals surface area contributed by atoms with E-state index in [2.05, 4.69) is 15.6 Å². The molecule has 0 saturated carbocycles. The van der Waals surface area contributed by atoms with Gasteiger partial charge in [-0.1, -0.05) is 19.1 Å². The lowest BCUT2D eigenvalue weighted by Gasteiger charge is -2.35. The van der Waals surface area contributed by atoms with Crippen molar-refractivity contribution in [2.24, 2.45) is 0 Å². The number of anilines is 1. The Morgan fingerprint density at radius 1 is 1.21 bits per heavy atom. The molecule has 148 valence electrons. The van der Waals surface area contributed by atoms with Gasteiger partial charge in [-0.2, -0.15) is 11.3 Å². The molecule has 0 aliphatic carbocycles. The zero-order valence-corrected chi connectivity index (χ0v) is 17.4. The average molecular weight is 426 g/mol. The fourth-order valence-electron chi connectivity index (χ4n) is 3.53. The van der Waals surface area contributed by atoms with Crippen molar-refractivity contribution in [3.8, 4) is 10.6 Å². The third kappa shape index (κ3) is 3.73. The number of imide groups is 1. The monoisotopic (exact) mass is 425 g/mol. The lowest BCUT2D eigenvalue weighted by molar-refractivity contribution is -0.138. The van der Waals surface area contributed by atoms with Crippen LogP contribution in [0.4, 0.5) is 5.69 Å². The van der Waals surface area contributed by atoms with Gasteiger partial charge in [0.2, 0.25) is 11.8 Å². The van der Waals surface area contributed by atoms with Gasteiger partial charge < -0.3 is 5.32 Å². The molecule has 2 aromatic heterocycles. The molecule has 6 nitrogen and oxygen atoms in total. The summed E-state index contributed by atoms with van der Waals surface area (Å²) < 4.78 is 0. The van der Waals surface area contributed by atoms with Crippen LogP contribution in [0.2, 0.25) is 0 Å². The molecule has 4 rings (SSSR count). The Morgan fingerprint density at radius 3 is 2.66 bits per heavy atom. The van der Waals surface area contributed by atoms with E-state index in [0.717, 1.165) is 16.1 Å². The summed E-state index contributed by atoms with van der Waals surface area (Å²) in [4.78, 5) is 40.9. The number of benzene rings is 1. The zero-order chi connectivity index (χ0) is 20.4. The number of nitrogens with zero attached hydrogens (tertiary/aromatic N) is 1. The summed E-state index contributed by atoms with van der Waals surface area (Å²) in [5, 5.41) is 11.8. The van der Waals surface area contributed by atoms with E-state index in [4.69, 9.17) is 0 Å². The molecule has 8 heteroatoms. The van der Waals surface area contributed by atoms with Gasteiger partial charge in [0, 0.05) is 28.4 Å². The number of amides is 3. The summed E-state index contributed by atoms with van der Waals surface area (Å²) in [5.74, 6) is -0.758. The van der Waals surface area contributed by atoms with Crippen LogP contribution in [0.3, 0.4) is 0 Å². The Labute approximate surface area is 176 Å². The third-order valence-electron chi connectivity index (χ3n) is 5.27. The summed E-state index contributed by atoms with van der Waals surface area (Å²) in [5.41, 5.74) is 2.15. The highest BCUT2D eigenvalue weighted by Gasteiger charge is 2.42. The summed E-state index contributed by atoms with van der Waals surface area (Å²) >= 11 is 3.02. The predicted octanol–water partition coefficient (Wildman–Crippen LogP) is 4.21. The molecule has 1 unspecified atom stereocenters. The van der Waals surface area contributed by atoms with Gasteiger partial charge in [0.25, 0.3) is 5.91 Å². The highest BCUT2D eigenvalue weighted by Crippen LogP contribution is 2.36. The number of carbonyl (C=O) groups is 3. The minimum absolute atomic E-state index is 0.229. The van der Waals surface area contributed by atoms with Crippen LogP contribution in [-0.4, -0.2) is 22.7 Å². The first kappa shape index (κ1) is 19.5. The molecule has 3 aromatic rings. The first-order chi connectivity index (χ1) is 14.0. The molecule has 2 N–H and O–H groups in total. The Kier molecular flexibility index (Phi) is 5.29. The van der Waals surface area contributed by atoms with Crippen LogP contribution in [0.5, 0.6) is 0 Å². The molecule has 29 heavy (non-hydrogen) atoms. The number of thiophene rings is 1. The van der Waals surface area contributed by atoms with Crippen LogP contribution >= 0.6 is 22.7 Å². The lowest BCUT2D eigenvalue weighted by atomic mass is 9.72. The van der Waals surface area contributed by atoms with E-state index in [0.29, 0.717) is 30.6 Å². The minimum atomic E-state index is -0.708. The van der Waals surface area contributed by atoms with E-state index < -0.39 is 5.41 Å². The normalized spacial score (nSPS) is 19.1. The van der Waals surface area contributed by atoms with Gasteiger partial charge in [-0.05, 0) is 42.0 Å². The fourth-order valence-corrected chi connectivity index (χ4v) is 5.04. The molecule has 3 heterocycles. The molecular formula is C21H19N3O3S2. The van der Waals surface area contributed by atoms with Gasteiger partial charge in [-0.25, -0.2) is 4.98 Å². The van der Waals surface area contributed by atoms with Gasteiger partial charge in [0.05, 0.1) is 5.41 Å². The molecule has 1 fully saturated rings. The van der Waals surface area contributed by atoms with Crippen LogP contribution in [0.15, 0.2) is 46.5 Å². The van der Waals surface area contributed by atoms with Crippen LogP contribution in [-0.2, 0) is 15.0 Å². The first-order valence-corrected chi connectivity index (χ1v) is 11.1. The number of piperidine rings is 1. The van der Waals surface area contributed by atoms with E-state index in [-0.39, 0.29) is 17.7 Å². The van der Waals surface area contributed by atoms with Crippen molar-refractivity contribution in [2.45, 2.75) is 31.6 Å². The van der Waals surface area contributed by atoms with Crippen LogP contribution < -0.4 is 10.6 Å². The van der Waals surface area contributed by atoms with Gasteiger partial charge in [0.15, 0.2) is 0 Å². The topological polar surface area (TPSA) is 88.2 Å². The molecule has 3 amide bonds. The van der Waals surface area contributed by atoms with E-state index in [9.17, 15) is 14.4 Å². The quantitative estimate of drug-likeness (QED) is 0.600. The molecule has 1 saturated heterocycles. The van der Waals surface area contributed by atoms with Gasteiger partial charge in [-0.15, -0.1) is 11.3 Å². The average Bonchev–Trinajstić information content (AvgIpc) is 3.41. The van der Waals surface area contributed by atoms with E-state index in [1.54, 1.807) is 28.8 Å². The van der Waals surface area contributed by atoms with Crippen molar-refractivity contribution in [1.82, 2.24) is 10.3 Å². The maximum Gasteiger partial charge on any atom is 0.275 e. The summed E-state index contributed by atoms with van der Waals surface area (Å²) in [6, 6.07) is 9.21. The third-order valence-corrected chi connectivity index (χ3v) is 6.84. The maximum atomic E-state index is 12.5. The van der Waals surface area contributed by atoms with Crippen LogP contribution in [0.25, 0.3) is 10.6 Å². The second kappa shape index (κ2) is 7.88. The minimum Gasteiger partial charge on any atom is -0.321 e. The molecule has 1 aliphatic heterocycles. The molecule has 0 bridgehead atoms. The van der Waals surface area contributed by atoms with Gasteiger partial charge >= 0.3 is 0 Å². The van der Waals surface area contributed by atoms with E-state index in [1.165, 1.54) is 11.3 Å². The summed E-state index contributed by atoms with van der Waals surface area (Å²) in [6.45, 7) is 1.94. The first-order valence-electron chi connectivity index (χ1n) is 9.26. The van der Waals surface area contributed by atoms with Gasteiger partial charge in [-0.3, -0.25) is 19.7 Å². The summed E-state index contributed by atoms with van der Waals surface area (Å²) in [7, 11) is 0. The number of hydrogen-bond acceptors (Lipinski definition) is 6. The predicted molar refractivity (Wildman–Crippen MR) is 114 cm³/mol. The second-order valence-electron chi connectivity index (χ2n) is 6.89. The molecular weight excluding hydrogens is 406 g/mol. The van der Waals surface area contributed by atoms with Crippen LogP contribution in [0.1, 0.15) is 42.2 Å². The van der Waals surface area contributed by atoms with Crippen molar-refractivity contribution in [1.29, 1.82) is 0 Å². The molecule has 1 aliphatic rings. The SMILES string of the molecule is CCC1(c2ccc(NC(=O)c3csc(-c4ccsc4)n3)cc2)CCC(=O)NC1=O. The fraction of sp³-hybridized carbons (Fsp3) is 0.238. The standard InChI is InChI=1S/C21H19N3O3S2/c1-2-21(9-7-17(25)24-20(21)27)14-3-5-15(6-4-14)22-18(26)16-12-29-19(23-16)13-8-10-28-11-13/h3-6,8,10-12H,2,7,9H2,1H3,(H,22,26)(H,24,25,27). The highest BCUT2D eigenvalue weighted by atomic mass is 32.1. The van der Waals surface area contributed by atoms with Crippen molar-refractivity contribution in [3.63, 3.8) is 0 Å². The number of aromatic nitrogens is 1. The summed E-state index contributed by atoms with van der Waals surface area (Å²) in [6.07, 6.45) is 1.42. The van der Waals surface area contributed by atoms with Crippen molar-refractivity contribution in [3.05, 3.63) is 57.7 Å². The molecule has 0 spiro atoms. The zero-order valence-electron chi connectivity index (χ0n) is 15.7. The molecule has 1 atom stereocenters. The lowest BCUT2D eigenvalue weighted by Crippen LogP contribution is -2.51.